The van der Waals surface area contributed by atoms with E-state index in [1.54, 1.807) is 0 Å². The Bertz CT molecular complexity index is 432. The minimum Gasteiger partial charge on any atom is -0.259 e. The summed E-state index contributed by atoms with van der Waals surface area (Å²) < 4.78 is 27.6. The zero-order valence-electron chi connectivity index (χ0n) is 8.64. The fourth-order valence-electron chi connectivity index (χ4n) is 1.95. The van der Waals surface area contributed by atoms with Crippen molar-refractivity contribution in [2.75, 3.05) is 6.26 Å². The maximum atomic E-state index is 11.2. The zero-order chi connectivity index (χ0) is 10.9. The van der Waals surface area contributed by atoms with Gasteiger partial charge in [-0.15, -0.1) is 0 Å². The van der Waals surface area contributed by atoms with Crippen LogP contribution in [0.5, 0.6) is 0 Å². The van der Waals surface area contributed by atoms with E-state index in [1.807, 2.05) is 30.3 Å². The molecule has 0 saturated heterocycles. The van der Waals surface area contributed by atoms with Crippen molar-refractivity contribution < 1.29 is 12.6 Å². The second kappa shape index (κ2) is 3.61. The van der Waals surface area contributed by atoms with Crippen molar-refractivity contribution in [3.63, 3.8) is 0 Å². The van der Waals surface area contributed by atoms with Crippen molar-refractivity contribution in [3.05, 3.63) is 35.9 Å². The van der Waals surface area contributed by atoms with Gasteiger partial charge in [-0.25, -0.2) is 0 Å². The molecule has 1 aliphatic carbocycles. The Morgan fingerprint density at radius 1 is 1.20 bits per heavy atom. The molecule has 0 bridgehead atoms. The molecule has 0 spiro atoms. The largest absolute Gasteiger partial charge is 0.265 e. The summed E-state index contributed by atoms with van der Waals surface area (Å²) >= 11 is 0. The fraction of sp³-hybridized carbons (Fsp3) is 0.455. The van der Waals surface area contributed by atoms with Gasteiger partial charge in [0.15, 0.2) is 0 Å². The predicted octanol–water partition coefficient (Wildman–Crippen LogP) is 2.04. The molecule has 1 saturated carbocycles. The van der Waals surface area contributed by atoms with Crippen LogP contribution in [0.15, 0.2) is 30.3 Å². The Kier molecular flexibility index (Phi) is 2.56. The fourth-order valence-corrected chi connectivity index (χ4v) is 2.79. The van der Waals surface area contributed by atoms with E-state index < -0.39 is 15.7 Å². The van der Waals surface area contributed by atoms with E-state index in [0.717, 1.165) is 31.1 Å². The monoisotopic (exact) mass is 226 g/mol. The molecule has 0 unspecified atom stereocenters. The van der Waals surface area contributed by atoms with Gasteiger partial charge in [-0.05, 0) is 24.8 Å². The summed E-state index contributed by atoms with van der Waals surface area (Å²) in [6, 6.07) is 9.56. The molecule has 0 N–H and O–H groups in total. The summed E-state index contributed by atoms with van der Waals surface area (Å²) in [6.07, 6.45) is 3.69. The van der Waals surface area contributed by atoms with Crippen LogP contribution in [0.3, 0.4) is 0 Å². The Morgan fingerprint density at radius 2 is 1.80 bits per heavy atom. The molecule has 0 heterocycles. The summed E-state index contributed by atoms with van der Waals surface area (Å²) in [4.78, 5) is 0. The summed E-state index contributed by atoms with van der Waals surface area (Å²) in [5, 5.41) is 0. The molecule has 0 aliphatic heterocycles. The Balaban J connectivity index is 2.31. The molecule has 0 radical (unpaired) electrons. The molecule has 15 heavy (non-hydrogen) atoms. The lowest BCUT2D eigenvalue weighted by Gasteiger charge is -2.40. The highest BCUT2D eigenvalue weighted by Crippen LogP contribution is 2.45. The molecule has 1 fully saturated rings. The number of rotatable bonds is 3. The molecule has 1 aromatic rings. The molecule has 1 aliphatic rings. The van der Waals surface area contributed by atoms with Crippen molar-refractivity contribution >= 4 is 10.1 Å². The van der Waals surface area contributed by atoms with Crippen molar-refractivity contribution in [2.45, 2.75) is 24.9 Å². The molecule has 0 aromatic heterocycles. The summed E-state index contributed by atoms with van der Waals surface area (Å²) in [5.41, 5.74) is 0.371. The van der Waals surface area contributed by atoms with E-state index in [0.29, 0.717) is 0 Å². The van der Waals surface area contributed by atoms with E-state index in [4.69, 9.17) is 4.18 Å². The third-order valence-corrected chi connectivity index (χ3v) is 3.39. The van der Waals surface area contributed by atoms with E-state index in [-0.39, 0.29) is 0 Å². The first-order valence-corrected chi connectivity index (χ1v) is 6.80. The van der Waals surface area contributed by atoms with Crippen LogP contribution < -0.4 is 0 Å². The Labute approximate surface area is 90.2 Å². The first-order chi connectivity index (χ1) is 7.02. The highest BCUT2D eigenvalue weighted by molar-refractivity contribution is 7.86. The number of benzene rings is 1. The standard InChI is InChI=1S/C11H14O3S/c1-15(12,13)14-11(8-5-9-11)10-6-3-2-4-7-10/h2-4,6-7H,5,8-9H2,1H3. The molecule has 82 valence electrons. The smallest absolute Gasteiger partial charge is 0.259 e. The average molecular weight is 226 g/mol. The number of hydrogen-bond donors (Lipinski definition) is 0. The van der Waals surface area contributed by atoms with Crippen LogP contribution in [0.4, 0.5) is 0 Å². The van der Waals surface area contributed by atoms with E-state index >= 15 is 0 Å². The predicted molar refractivity (Wildman–Crippen MR) is 57.9 cm³/mol. The topological polar surface area (TPSA) is 43.4 Å². The lowest BCUT2D eigenvalue weighted by Crippen LogP contribution is -2.38. The quantitative estimate of drug-likeness (QED) is 0.741. The zero-order valence-corrected chi connectivity index (χ0v) is 9.46. The molecule has 0 atom stereocenters. The van der Waals surface area contributed by atoms with Gasteiger partial charge in [0.25, 0.3) is 10.1 Å². The van der Waals surface area contributed by atoms with Crippen LogP contribution >= 0.6 is 0 Å². The van der Waals surface area contributed by atoms with E-state index in [9.17, 15) is 8.42 Å². The van der Waals surface area contributed by atoms with Gasteiger partial charge in [0.1, 0.15) is 5.60 Å². The van der Waals surface area contributed by atoms with E-state index in [1.165, 1.54) is 0 Å². The maximum Gasteiger partial charge on any atom is 0.265 e. The molecule has 0 amide bonds. The van der Waals surface area contributed by atoms with Crippen LogP contribution in [0.1, 0.15) is 24.8 Å². The highest BCUT2D eigenvalue weighted by atomic mass is 32.2. The van der Waals surface area contributed by atoms with Gasteiger partial charge in [0, 0.05) is 0 Å². The average Bonchev–Trinajstić information content (AvgIpc) is 2.11. The van der Waals surface area contributed by atoms with Gasteiger partial charge in [-0.3, -0.25) is 4.18 Å². The van der Waals surface area contributed by atoms with Crippen LogP contribution in [0.25, 0.3) is 0 Å². The minimum absolute atomic E-state index is 0.588. The van der Waals surface area contributed by atoms with Gasteiger partial charge < -0.3 is 0 Å². The van der Waals surface area contributed by atoms with Crippen molar-refractivity contribution in [2.24, 2.45) is 0 Å². The summed E-state index contributed by atoms with van der Waals surface area (Å²) in [6.45, 7) is 0. The van der Waals surface area contributed by atoms with Crippen molar-refractivity contribution in [1.29, 1.82) is 0 Å². The van der Waals surface area contributed by atoms with Gasteiger partial charge in [-0.2, -0.15) is 8.42 Å². The molecule has 2 rings (SSSR count). The SMILES string of the molecule is CS(=O)(=O)OC1(c2ccccc2)CCC1. The second-order valence-corrected chi connectivity index (χ2v) is 5.58. The summed E-state index contributed by atoms with van der Waals surface area (Å²) in [5.74, 6) is 0. The third kappa shape index (κ3) is 2.21. The lowest BCUT2D eigenvalue weighted by atomic mass is 9.75. The van der Waals surface area contributed by atoms with Gasteiger partial charge in [0.2, 0.25) is 0 Å². The van der Waals surface area contributed by atoms with Crippen LogP contribution in [0, 0.1) is 0 Å². The minimum atomic E-state index is -3.39. The molecule has 1 aromatic carbocycles. The second-order valence-electron chi connectivity index (χ2n) is 4.00. The van der Waals surface area contributed by atoms with Crippen molar-refractivity contribution in [1.82, 2.24) is 0 Å². The molecule has 3 nitrogen and oxygen atoms in total. The number of hydrogen-bond acceptors (Lipinski definition) is 3. The van der Waals surface area contributed by atoms with Crippen LogP contribution in [-0.2, 0) is 19.9 Å². The normalized spacial score (nSPS) is 19.5. The van der Waals surface area contributed by atoms with Crippen LogP contribution in [-0.4, -0.2) is 14.7 Å². The molecular formula is C11H14O3S. The maximum absolute atomic E-state index is 11.2. The van der Waals surface area contributed by atoms with E-state index in [2.05, 4.69) is 0 Å². The molecular weight excluding hydrogens is 212 g/mol. The Hall–Kier alpha value is -0.870. The first-order valence-electron chi connectivity index (χ1n) is 4.98. The Morgan fingerprint density at radius 3 is 2.20 bits per heavy atom. The van der Waals surface area contributed by atoms with Crippen molar-refractivity contribution in [3.8, 4) is 0 Å². The lowest BCUT2D eigenvalue weighted by molar-refractivity contribution is -0.00479. The van der Waals surface area contributed by atoms with Gasteiger partial charge >= 0.3 is 0 Å². The third-order valence-electron chi connectivity index (χ3n) is 2.77. The highest BCUT2D eigenvalue weighted by Gasteiger charge is 2.42. The van der Waals surface area contributed by atoms with Gasteiger partial charge in [0.05, 0.1) is 6.26 Å². The van der Waals surface area contributed by atoms with Gasteiger partial charge in [-0.1, -0.05) is 30.3 Å². The molecule has 4 heteroatoms. The first kappa shape index (κ1) is 10.6. The van der Waals surface area contributed by atoms with Crippen LogP contribution in [0.2, 0.25) is 0 Å². The summed E-state index contributed by atoms with van der Waals surface area (Å²) in [7, 11) is -3.39.